The zero-order valence-electron chi connectivity index (χ0n) is 16.8. The number of aromatic nitrogens is 3. The van der Waals surface area contributed by atoms with Crippen molar-refractivity contribution >= 4 is 11.6 Å². The number of nitrogens with one attached hydrogen (secondary N) is 1. The number of carbonyl (C=O) groups excluding carboxylic acids is 1. The van der Waals surface area contributed by atoms with Gasteiger partial charge in [-0.15, -0.1) is 0 Å². The topological polar surface area (TPSA) is 54.9 Å². The molecule has 6 nitrogen and oxygen atoms in total. The summed E-state index contributed by atoms with van der Waals surface area (Å²) in [5, 5.41) is 4.09. The molecule has 0 spiro atoms. The molecule has 1 unspecified atom stereocenters. The van der Waals surface area contributed by atoms with Crippen molar-refractivity contribution in [2.45, 2.75) is 32.2 Å². The van der Waals surface area contributed by atoms with Gasteiger partial charge in [-0.05, 0) is 13.0 Å². The van der Waals surface area contributed by atoms with Crippen LogP contribution < -0.4 is 4.90 Å². The minimum absolute atomic E-state index is 0.176. The maximum atomic E-state index is 13.8. The molecule has 2 saturated heterocycles. The van der Waals surface area contributed by atoms with Crippen molar-refractivity contribution in [3.63, 3.8) is 0 Å². The van der Waals surface area contributed by atoms with E-state index >= 15 is 0 Å². The van der Waals surface area contributed by atoms with Crippen molar-refractivity contribution in [2.24, 2.45) is 0 Å². The first-order valence-electron chi connectivity index (χ1n) is 10.4. The minimum atomic E-state index is -2.73. The van der Waals surface area contributed by atoms with Crippen molar-refractivity contribution in [3.05, 3.63) is 53.3 Å². The Labute approximate surface area is 173 Å². The van der Waals surface area contributed by atoms with E-state index in [2.05, 4.69) is 10.1 Å². The smallest absolute Gasteiger partial charge is 0.280 e. The van der Waals surface area contributed by atoms with E-state index in [-0.39, 0.29) is 22.8 Å². The van der Waals surface area contributed by atoms with Crippen LogP contribution in [0.15, 0.2) is 36.5 Å². The van der Waals surface area contributed by atoms with Crippen LogP contribution in [-0.4, -0.2) is 57.6 Å². The summed E-state index contributed by atoms with van der Waals surface area (Å²) in [6, 6.07) is 9.35. The highest BCUT2D eigenvalue weighted by Crippen LogP contribution is 2.27. The van der Waals surface area contributed by atoms with Gasteiger partial charge < -0.3 is 9.80 Å². The van der Waals surface area contributed by atoms with Gasteiger partial charge in [-0.1, -0.05) is 29.8 Å². The number of aryl methyl sites for hydroxylation is 1. The maximum absolute atomic E-state index is 13.8. The molecule has 1 N–H and O–H groups in total. The number of piperazine rings is 1. The highest BCUT2D eigenvalue weighted by Gasteiger charge is 2.37. The predicted octanol–water partition coefficient (Wildman–Crippen LogP) is 2.15. The molecular weight excluding hydrogens is 388 g/mol. The highest BCUT2D eigenvalue weighted by molar-refractivity contribution is 6.00. The van der Waals surface area contributed by atoms with Gasteiger partial charge in [-0.2, -0.15) is 5.10 Å². The Morgan fingerprint density at radius 1 is 1.23 bits per heavy atom. The lowest BCUT2D eigenvalue weighted by molar-refractivity contribution is -0.916. The van der Waals surface area contributed by atoms with Gasteiger partial charge in [0, 0.05) is 18.4 Å². The van der Waals surface area contributed by atoms with E-state index in [0.717, 1.165) is 28.6 Å². The van der Waals surface area contributed by atoms with Gasteiger partial charge in [-0.3, -0.25) is 4.79 Å². The van der Waals surface area contributed by atoms with Gasteiger partial charge in [0.2, 0.25) is 0 Å². The third-order valence-corrected chi connectivity index (χ3v) is 6.36. The second-order valence-electron chi connectivity index (χ2n) is 8.28. The first-order valence-corrected chi connectivity index (χ1v) is 10.4. The number of quaternary nitrogens is 1. The average molecular weight is 412 g/mol. The Bertz CT molecular complexity index is 1090. The van der Waals surface area contributed by atoms with E-state index < -0.39 is 6.43 Å². The second-order valence-corrected chi connectivity index (χ2v) is 8.28. The number of fused-ring (bicyclic) bond motifs is 2. The number of benzene rings is 1. The highest BCUT2D eigenvalue weighted by atomic mass is 19.3. The summed E-state index contributed by atoms with van der Waals surface area (Å²) in [4.78, 5) is 21.2. The Kier molecular flexibility index (Phi) is 4.73. The summed E-state index contributed by atoms with van der Waals surface area (Å²) in [5.41, 5.74) is 2.43. The fraction of sp³-hybridized carbons (Fsp3) is 0.409. The molecule has 2 atom stereocenters. The van der Waals surface area contributed by atoms with Gasteiger partial charge in [0.05, 0.1) is 38.1 Å². The summed E-state index contributed by atoms with van der Waals surface area (Å²) in [6.07, 6.45) is 0.966. The van der Waals surface area contributed by atoms with Gasteiger partial charge in [0.1, 0.15) is 17.3 Å². The van der Waals surface area contributed by atoms with Gasteiger partial charge in [0.25, 0.3) is 12.3 Å². The van der Waals surface area contributed by atoms with E-state index in [1.165, 1.54) is 25.2 Å². The van der Waals surface area contributed by atoms with Crippen LogP contribution in [0.3, 0.4) is 0 Å². The van der Waals surface area contributed by atoms with E-state index in [4.69, 9.17) is 0 Å². The standard InChI is InChI=1S/C22H23F2N5O/c1-14-4-6-15(7-5-14)18-11-19(20(23)24)29-21(26-18)17(12-25-29)22(30)28-10-9-27-8-2-3-16(27)13-28/h4-7,11-12,16,20H,2-3,8-10,13H2,1H3/p+1/t16-/m0/s1. The lowest BCUT2D eigenvalue weighted by Crippen LogP contribution is -3.16. The molecule has 0 radical (unpaired) electrons. The molecule has 30 heavy (non-hydrogen) atoms. The molecule has 1 aromatic carbocycles. The summed E-state index contributed by atoms with van der Waals surface area (Å²) in [5.74, 6) is -0.176. The molecule has 156 valence electrons. The fourth-order valence-electron chi connectivity index (χ4n) is 4.69. The number of rotatable bonds is 3. The first-order chi connectivity index (χ1) is 14.5. The van der Waals surface area contributed by atoms with E-state index in [0.29, 0.717) is 24.8 Å². The zero-order valence-corrected chi connectivity index (χ0v) is 16.8. The third-order valence-electron chi connectivity index (χ3n) is 6.36. The van der Waals surface area contributed by atoms with Crippen LogP contribution in [-0.2, 0) is 0 Å². The second kappa shape index (κ2) is 7.43. The summed E-state index contributed by atoms with van der Waals surface area (Å²) < 4.78 is 28.7. The largest absolute Gasteiger partial charge is 0.330 e. The molecular formula is C22H24F2N5O+. The minimum Gasteiger partial charge on any atom is -0.330 e. The molecule has 2 fully saturated rings. The van der Waals surface area contributed by atoms with Crippen molar-refractivity contribution in [1.82, 2.24) is 19.5 Å². The van der Waals surface area contributed by atoms with Crippen molar-refractivity contribution in [1.29, 1.82) is 0 Å². The number of alkyl halides is 2. The zero-order chi connectivity index (χ0) is 20.8. The van der Waals surface area contributed by atoms with Crippen LogP contribution in [0.4, 0.5) is 8.78 Å². The maximum Gasteiger partial charge on any atom is 0.280 e. The molecule has 2 aliphatic heterocycles. The number of amides is 1. The van der Waals surface area contributed by atoms with Crippen molar-refractivity contribution in [2.75, 3.05) is 26.2 Å². The molecule has 8 heteroatoms. The SMILES string of the molecule is Cc1ccc(-c2cc(C(F)F)n3ncc(C(=O)N4CC[NH+]5CCC[C@H]5C4)c3n2)cc1. The Hall–Kier alpha value is -2.87. The molecule has 3 aromatic rings. The number of hydrogen-bond donors (Lipinski definition) is 1. The van der Waals surface area contributed by atoms with Crippen LogP contribution >= 0.6 is 0 Å². The number of carbonyl (C=O) groups is 1. The Balaban J connectivity index is 1.55. The van der Waals surface area contributed by atoms with Crippen molar-refractivity contribution < 1.29 is 18.5 Å². The quantitative estimate of drug-likeness (QED) is 0.717. The van der Waals surface area contributed by atoms with Gasteiger partial charge in [-0.25, -0.2) is 18.3 Å². The molecule has 0 bridgehead atoms. The van der Waals surface area contributed by atoms with Gasteiger partial charge >= 0.3 is 0 Å². The predicted molar refractivity (Wildman–Crippen MR) is 108 cm³/mol. The molecule has 0 aliphatic carbocycles. The van der Waals surface area contributed by atoms with Crippen LogP contribution in [0.2, 0.25) is 0 Å². The lowest BCUT2D eigenvalue weighted by Gasteiger charge is -2.34. The molecule has 5 rings (SSSR count). The average Bonchev–Trinajstić information content (AvgIpc) is 3.39. The monoisotopic (exact) mass is 412 g/mol. The molecule has 2 aromatic heterocycles. The fourth-order valence-corrected chi connectivity index (χ4v) is 4.69. The van der Waals surface area contributed by atoms with Crippen LogP contribution in [0.1, 0.15) is 40.9 Å². The Morgan fingerprint density at radius 3 is 2.80 bits per heavy atom. The summed E-state index contributed by atoms with van der Waals surface area (Å²) in [7, 11) is 0. The van der Waals surface area contributed by atoms with E-state index in [9.17, 15) is 13.6 Å². The van der Waals surface area contributed by atoms with Crippen LogP contribution in [0, 0.1) is 6.92 Å². The van der Waals surface area contributed by atoms with E-state index in [1.807, 2.05) is 36.1 Å². The number of nitrogens with zero attached hydrogens (tertiary/aromatic N) is 4. The molecule has 2 aliphatic rings. The molecule has 4 heterocycles. The first kappa shape index (κ1) is 19.1. The third kappa shape index (κ3) is 3.25. The normalized spacial score (nSPS) is 21.4. The molecule has 1 amide bonds. The lowest BCUT2D eigenvalue weighted by atomic mass is 10.1. The Morgan fingerprint density at radius 2 is 2.03 bits per heavy atom. The van der Waals surface area contributed by atoms with Gasteiger partial charge in [0.15, 0.2) is 5.65 Å². The summed E-state index contributed by atoms with van der Waals surface area (Å²) >= 11 is 0. The van der Waals surface area contributed by atoms with Crippen molar-refractivity contribution in [3.8, 4) is 11.3 Å². The number of halogens is 2. The van der Waals surface area contributed by atoms with Crippen LogP contribution in [0.5, 0.6) is 0 Å². The summed E-state index contributed by atoms with van der Waals surface area (Å²) in [6.45, 7) is 5.43. The molecule has 0 saturated carbocycles. The van der Waals surface area contributed by atoms with Crippen LogP contribution in [0.25, 0.3) is 16.9 Å². The van der Waals surface area contributed by atoms with E-state index in [1.54, 1.807) is 4.90 Å². The number of hydrogen-bond acceptors (Lipinski definition) is 3.